The van der Waals surface area contributed by atoms with Gasteiger partial charge >= 0.3 is 0 Å². The minimum atomic E-state index is -0.884. The van der Waals surface area contributed by atoms with Crippen molar-refractivity contribution in [1.29, 1.82) is 0 Å². The predicted octanol–water partition coefficient (Wildman–Crippen LogP) is 7.20. The number of nitrogens with zero attached hydrogens (tertiary/aromatic N) is 1. The molecule has 1 spiro atoms. The third kappa shape index (κ3) is 5.11. The number of nitrogens with one attached hydrogen (secondary N) is 1. The highest BCUT2D eigenvalue weighted by atomic mass is 79.9. The fraction of sp³-hybridized carbons (Fsp3) is 0.364. The Morgan fingerprint density at radius 1 is 0.976 bits per heavy atom. The average Bonchev–Trinajstić information content (AvgIpc) is 3.00. The second kappa shape index (κ2) is 12.1. The number of methoxy groups -OCH3 is 2. The standard InChI is InChI=1S/C33H36N2O5S.BrH/c1-5-16-41-32-34-29(21-8-12-23(39-4)13-9-21)26-18-19(2)17-25-28(20-6-10-22(38-3)11-7-20)24-14-15-27(36)30(37)31(24)40-33(25,26)35-32;/h5-15,19,25-26,28-29,36-37H,1,16-18H2,2-4H3,(H,34,35);1H. The van der Waals surface area contributed by atoms with Crippen molar-refractivity contribution in [2.24, 2.45) is 22.7 Å². The number of phenolic OH excluding ortho intramolecular Hbond substituents is 2. The van der Waals surface area contributed by atoms with Crippen molar-refractivity contribution < 1.29 is 24.4 Å². The van der Waals surface area contributed by atoms with E-state index in [0.717, 1.165) is 46.2 Å². The lowest BCUT2D eigenvalue weighted by molar-refractivity contribution is -0.127. The fourth-order valence-corrected chi connectivity index (χ4v) is 7.67. The first kappa shape index (κ1) is 30.2. The van der Waals surface area contributed by atoms with Crippen LogP contribution < -0.4 is 19.5 Å². The molecule has 6 rings (SSSR count). The van der Waals surface area contributed by atoms with E-state index in [0.29, 0.717) is 17.4 Å². The molecule has 0 radical (unpaired) electrons. The Balaban J connectivity index is 0.00000353. The molecule has 0 bridgehead atoms. The van der Waals surface area contributed by atoms with Gasteiger partial charge in [0.2, 0.25) is 5.75 Å². The van der Waals surface area contributed by atoms with Crippen molar-refractivity contribution in [2.45, 2.75) is 37.5 Å². The zero-order chi connectivity index (χ0) is 28.7. The van der Waals surface area contributed by atoms with Gasteiger partial charge in [0.15, 0.2) is 22.4 Å². The number of amidine groups is 1. The predicted molar refractivity (Wildman–Crippen MR) is 173 cm³/mol. The first-order valence-electron chi connectivity index (χ1n) is 14.0. The molecule has 3 aromatic carbocycles. The van der Waals surface area contributed by atoms with Crippen LogP contribution in [0.1, 0.15) is 48.4 Å². The number of phenols is 2. The second-order valence-corrected chi connectivity index (χ2v) is 12.2. The Kier molecular flexibility index (Phi) is 8.71. The van der Waals surface area contributed by atoms with Crippen LogP contribution in [0.2, 0.25) is 0 Å². The zero-order valence-corrected chi connectivity index (χ0v) is 26.5. The number of thioether (sulfide) groups is 1. The fourth-order valence-electron chi connectivity index (χ4n) is 6.97. The summed E-state index contributed by atoms with van der Waals surface area (Å²) in [6.07, 6.45) is 3.66. The molecule has 222 valence electrons. The highest BCUT2D eigenvalue weighted by Crippen LogP contribution is 2.61. The van der Waals surface area contributed by atoms with Gasteiger partial charge in [-0.1, -0.05) is 55.1 Å². The monoisotopic (exact) mass is 652 g/mol. The van der Waals surface area contributed by atoms with Gasteiger partial charge in [-0.15, -0.1) is 23.6 Å². The summed E-state index contributed by atoms with van der Waals surface area (Å²) in [4.78, 5) is 5.24. The van der Waals surface area contributed by atoms with E-state index in [1.165, 1.54) is 0 Å². The maximum Gasteiger partial charge on any atom is 0.200 e. The van der Waals surface area contributed by atoms with Gasteiger partial charge in [0.25, 0.3) is 0 Å². The van der Waals surface area contributed by atoms with Crippen LogP contribution in [0.15, 0.2) is 78.3 Å². The average molecular weight is 654 g/mol. The molecule has 0 amide bonds. The number of hydrogen-bond donors (Lipinski definition) is 3. The van der Waals surface area contributed by atoms with Crippen molar-refractivity contribution in [3.63, 3.8) is 0 Å². The topological polar surface area (TPSA) is 92.5 Å². The van der Waals surface area contributed by atoms with Gasteiger partial charge in [0.1, 0.15) is 11.5 Å². The van der Waals surface area contributed by atoms with Crippen LogP contribution in [0.25, 0.3) is 0 Å². The summed E-state index contributed by atoms with van der Waals surface area (Å²) in [7, 11) is 3.33. The molecule has 3 N–H and O–H groups in total. The normalized spacial score (nSPS) is 27.4. The van der Waals surface area contributed by atoms with Gasteiger partial charge in [-0.3, -0.25) is 4.99 Å². The van der Waals surface area contributed by atoms with Gasteiger partial charge in [0.05, 0.1) is 20.3 Å². The molecule has 9 heteroatoms. The molecule has 1 fully saturated rings. The molecular weight excluding hydrogens is 616 g/mol. The quantitative estimate of drug-likeness (QED) is 0.192. The number of aromatic hydroxyl groups is 2. The zero-order valence-electron chi connectivity index (χ0n) is 23.9. The van der Waals surface area contributed by atoms with E-state index in [9.17, 15) is 10.2 Å². The molecule has 3 aliphatic rings. The van der Waals surface area contributed by atoms with Crippen molar-refractivity contribution in [1.82, 2.24) is 5.32 Å². The summed E-state index contributed by atoms with van der Waals surface area (Å²) in [5.74, 6) is 2.41. The van der Waals surface area contributed by atoms with E-state index in [-0.39, 0.29) is 52.3 Å². The maximum absolute atomic E-state index is 11.2. The first-order chi connectivity index (χ1) is 19.9. The van der Waals surface area contributed by atoms with Crippen molar-refractivity contribution in [3.05, 3.63) is 90.0 Å². The van der Waals surface area contributed by atoms with E-state index >= 15 is 0 Å². The van der Waals surface area contributed by atoms with Crippen molar-refractivity contribution in [3.8, 4) is 28.7 Å². The summed E-state index contributed by atoms with van der Waals surface area (Å²) in [5, 5.41) is 26.3. The minimum absolute atomic E-state index is 0. The summed E-state index contributed by atoms with van der Waals surface area (Å²) >= 11 is 1.59. The molecule has 2 heterocycles. The van der Waals surface area contributed by atoms with E-state index < -0.39 is 5.72 Å². The van der Waals surface area contributed by atoms with E-state index in [1.54, 1.807) is 32.0 Å². The Labute approximate surface area is 261 Å². The molecule has 7 nitrogen and oxygen atoms in total. The maximum atomic E-state index is 11.2. The number of fused-ring (bicyclic) bond motifs is 1. The summed E-state index contributed by atoms with van der Waals surface area (Å²) in [6, 6.07) is 19.5. The van der Waals surface area contributed by atoms with Crippen LogP contribution in [0.3, 0.4) is 0 Å². The molecule has 0 aromatic heterocycles. The van der Waals surface area contributed by atoms with E-state index in [2.05, 4.69) is 43.1 Å². The molecule has 0 saturated heterocycles. The van der Waals surface area contributed by atoms with Gasteiger partial charge in [0, 0.05) is 29.1 Å². The van der Waals surface area contributed by atoms with E-state index in [4.69, 9.17) is 19.2 Å². The second-order valence-electron chi connectivity index (χ2n) is 11.2. The third-order valence-electron chi connectivity index (χ3n) is 8.77. The molecule has 42 heavy (non-hydrogen) atoms. The number of aliphatic imine (C=N–C) groups is 1. The van der Waals surface area contributed by atoms with Crippen LogP contribution in [0.4, 0.5) is 0 Å². The smallest absolute Gasteiger partial charge is 0.200 e. The lowest BCUT2D eigenvalue weighted by atomic mass is 9.58. The van der Waals surface area contributed by atoms with Crippen LogP contribution in [-0.4, -0.2) is 41.1 Å². The lowest BCUT2D eigenvalue weighted by Crippen LogP contribution is -2.70. The molecular formula is C33H37BrN2O5S. The number of benzene rings is 3. The van der Waals surface area contributed by atoms with Gasteiger partial charge in [-0.25, -0.2) is 0 Å². The number of rotatable bonds is 6. The van der Waals surface area contributed by atoms with Crippen molar-refractivity contribution in [2.75, 3.05) is 20.0 Å². The third-order valence-corrected chi connectivity index (χ3v) is 9.66. The lowest BCUT2D eigenvalue weighted by Gasteiger charge is -2.59. The largest absolute Gasteiger partial charge is 0.504 e. The van der Waals surface area contributed by atoms with E-state index in [1.807, 2.05) is 36.4 Å². The number of halogens is 1. The molecule has 3 aromatic rings. The van der Waals surface area contributed by atoms with Gasteiger partial charge in [-0.05, 0) is 60.2 Å². The van der Waals surface area contributed by atoms with Crippen LogP contribution in [-0.2, 0) is 0 Å². The number of ether oxygens (including phenoxy) is 3. The summed E-state index contributed by atoms with van der Waals surface area (Å²) in [6.45, 7) is 6.21. The first-order valence-corrected chi connectivity index (χ1v) is 15.0. The highest BCUT2D eigenvalue weighted by Gasteiger charge is 2.62. The molecule has 6 unspecified atom stereocenters. The molecule has 1 aliphatic carbocycles. The Morgan fingerprint density at radius 2 is 1.60 bits per heavy atom. The summed E-state index contributed by atoms with van der Waals surface area (Å²) in [5.41, 5.74) is 2.16. The van der Waals surface area contributed by atoms with Crippen LogP contribution in [0, 0.1) is 17.8 Å². The SMILES string of the molecule is Br.C=CCSC1=NC(c2ccc(OC)cc2)C2CC(C)CC3C(c4ccc(OC)cc4)c4ccc(O)c(O)c4OC23N1. The number of hydrogen-bond acceptors (Lipinski definition) is 8. The Bertz CT molecular complexity index is 1460. The highest BCUT2D eigenvalue weighted by molar-refractivity contribution is 8.93. The minimum Gasteiger partial charge on any atom is -0.504 e. The molecule has 6 atom stereocenters. The summed E-state index contributed by atoms with van der Waals surface area (Å²) < 4.78 is 17.9. The van der Waals surface area contributed by atoms with Crippen LogP contribution in [0.5, 0.6) is 28.7 Å². The Hall–Kier alpha value is -3.30. The van der Waals surface area contributed by atoms with Crippen molar-refractivity contribution >= 4 is 33.9 Å². The molecule has 2 aliphatic heterocycles. The van der Waals surface area contributed by atoms with Crippen LogP contribution >= 0.6 is 28.7 Å². The van der Waals surface area contributed by atoms with Gasteiger partial charge < -0.3 is 29.7 Å². The van der Waals surface area contributed by atoms with Gasteiger partial charge in [-0.2, -0.15) is 0 Å². The molecule has 1 saturated carbocycles. The Morgan fingerprint density at radius 3 is 2.21 bits per heavy atom.